The number of aromatic nitrogens is 2. The predicted octanol–water partition coefficient (Wildman–Crippen LogP) is 1.54. The molecule has 0 bridgehead atoms. The molecule has 0 amide bonds. The number of likely N-dealkylation sites (N-methyl/N-ethyl adjacent to an activating group) is 1. The lowest BCUT2D eigenvalue weighted by Crippen LogP contribution is -2.23. The van der Waals surface area contributed by atoms with Crippen LogP contribution in [-0.2, 0) is 11.3 Å². The molecule has 1 aromatic carbocycles. The Labute approximate surface area is 131 Å². The molecular formula is C17H16BN3O. The monoisotopic (exact) mass is 289 g/mol. The van der Waals surface area contributed by atoms with Gasteiger partial charge in [-0.2, -0.15) is 0 Å². The smallest absolute Gasteiger partial charge is 0.200 e. The first kappa shape index (κ1) is 13.3. The minimum Gasteiger partial charge on any atom is -0.477 e. The highest BCUT2D eigenvalue weighted by molar-refractivity contribution is 6.34. The molecule has 108 valence electrons. The zero-order chi connectivity index (χ0) is 15.1. The van der Waals surface area contributed by atoms with Gasteiger partial charge in [0.2, 0.25) is 5.88 Å². The molecule has 0 unspecified atom stereocenters. The Bertz CT molecular complexity index is 777. The molecule has 0 saturated heterocycles. The number of allylic oxidation sites excluding steroid dienone is 2. The standard InChI is InChI=1S/C17H16BN3O/c1-20-9-5-8-13-16-19-15(18)14(12-6-3-2-4-7-12)21(16)10-11-22-17(13)20/h2-8H,9-11H2,1H3. The van der Waals surface area contributed by atoms with Gasteiger partial charge in [0.15, 0.2) is 0 Å². The molecule has 22 heavy (non-hydrogen) atoms. The fourth-order valence-corrected chi connectivity index (χ4v) is 3.07. The van der Waals surface area contributed by atoms with Crippen LogP contribution < -0.4 is 5.59 Å². The number of hydrogen-bond donors (Lipinski definition) is 0. The van der Waals surface area contributed by atoms with Crippen LogP contribution in [0.1, 0.15) is 5.82 Å². The maximum Gasteiger partial charge on any atom is 0.200 e. The Morgan fingerprint density at radius 1 is 1.23 bits per heavy atom. The van der Waals surface area contributed by atoms with Gasteiger partial charge in [0.25, 0.3) is 0 Å². The van der Waals surface area contributed by atoms with E-state index in [1.807, 2.05) is 25.2 Å². The van der Waals surface area contributed by atoms with Crippen LogP contribution in [0.2, 0.25) is 0 Å². The molecule has 0 atom stereocenters. The van der Waals surface area contributed by atoms with Crippen LogP contribution in [0.25, 0.3) is 16.8 Å². The molecule has 2 radical (unpaired) electrons. The normalized spacial score (nSPS) is 16.9. The molecule has 2 aliphatic heterocycles. The van der Waals surface area contributed by atoms with Gasteiger partial charge in [0.05, 0.1) is 17.8 Å². The fourth-order valence-electron chi connectivity index (χ4n) is 3.07. The second-order valence-corrected chi connectivity index (χ2v) is 5.54. The summed E-state index contributed by atoms with van der Waals surface area (Å²) in [6.07, 6.45) is 4.19. The zero-order valence-electron chi connectivity index (χ0n) is 12.5. The third-order valence-electron chi connectivity index (χ3n) is 4.08. The maximum atomic E-state index is 6.23. The van der Waals surface area contributed by atoms with E-state index in [9.17, 15) is 0 Å². The van der Waals surface area contributed by atoms with Gasteiger partial charge in [-0.05, 0) is 11.6 Å². The molecule has 1 aromatic heterocycles. The van der Waals surface area contributed by atoms with Crippen LogP contribution in [0.5, 0.6) is 0 Å². The number of nitrogens with zero attached hydrogens (tertiary/aromatic N) is 3. The van der Waals surface area contributed by atoms with Gasteiger partial charge < -0.3 is 14.2 Å². The first-order chi connectivity index (χ1) is 10.8. The van der Waals surface area contributed by atoms with Crippen molar-refractivity contribution in [3.8, 4) is 11.3 Å². The first-order valence-electron chi connectivity index (χ1n) is 7.42. The van der Waals surface area contributed by atoms with Crippen LogP contribution in [-0.4, -0.2) is 42.5 Å². The van der Waals surface area contributed by atoms with Gasteiger partial charge in [-0.3, -0.25) is 0 Å². The molecule has 0 saturated carbocycles. The summed E-state index contributed by atoms with van der Waals surface area (Å²) < 4.78 is 8.11. The van der Waals surface area contributed by atoms with Crippen molar-refractivity contribution in [2.45, 2.75) is 6.54 Å². The van der Waals surface area contributed by atoms with E-state index in [-0.39, 0.29) is 0 Å². The van der Waals surface area contributed by atoms with Crippen molar-refractivity contribution in [2.24, 2.45) is 0 Å². The molecule has 0 N–H and O–H groups in total. The number of fused-ring (bicyclic) bond motifs is 2. The lowest BCUT2D eigenvalue weighted by Gasteiger charge is -2.24. The Morgan fingerprint density at radius 3 is 2.86 bits per heavy atom. The summed E-state index contributed by atoms with van der Waals surface area (Å²) in [6.45, 7) is 2.19. The summed E-state index contributed by atoms with van der Waals surface area (Å²) in [5, 5.41) is 0. The summed E-state index contributed by atoms with van der Waals surface area (Å²) in [6, 6.07) is 10.2. The van der Waals surface area contributed by atoms with E-state index in [0.29, 0.717) is 12.2 Å². The van der Waals surface area contributed by atoms with Gasteiger partial charge in [0, 0.05) is 19.2 Å². The molecular weight excluding hydrogens is 273 g/mol. The summed E-state index contributed by atoms with van der Waals surface area (Å²) in [7, 11) is 8.25. The van der Waals surface area contributed by atoms with Gasteiger partial charge in [0.1, 0.15) is 20.3 Å². The van der Waals surface area contributed by atoms with Crippen molar-refractivity contribution < 1.29 is 4.74 Å². The summed E-state index contributed by atoms with van der Waals surface area (Å²) in [5.41, 5.74) is 3.61. The van der Waals surface area contributed by atoms with Gasteiger partial charge in [-0.1, -0.05) is 36.4 Å². The van der Waals surface area contributed by atoms with Crippen molar-refractivity contribution in [3.63, 3.8) is 0 Å². The summed E-state index contributed by atoms with van der Waals surface area (Å²) in [5.74, 6) is 1.76. The third kappa shape index (κ3) is 1.96. The highest BCUT2D eigenvalue weighted by atomic mass is 16.5. The minimum absolute atomic E-state index is 0.566. The third-order valence-corrected chi connectivity index (χ3v) is 4.08. The van der Waals surface area contributed by atoms with E-state index >= 15 is 0 Å². The number of hydrogen-bond acceptors (Lipinski definition) is 3. The van der Waals surface area contributed by atoms with E-state index in [4.69, 9.17) is 12.6 Å². The number of ether oxygens (including phenoxy) is 1. The maximum absolute atomic E-state index is 6.23. The van der Waals surface area contributed by atoms with E-state index in [1.165, 1.54) is 0 Å². The summed E-state index contributed by atoms with van der Waals surface area (Å²) in [4.78, 5) is 6.73. The Morgan fingerprint density at radius 2 is 2.05 bits per heavy atom. The topological polar surface area (TPSA) is 30.3 Å². The average molecular weight is 289 g/mol. The molecule has 0 spiro atoms. The minimum atomic E-state index is 0.566. The first-order valence-corrected chi connectivity index (χ1v) is 7.42. The molecule has 0 fully saturated rings. The Hall–Kier alpha value is -2.43. The van der Waals surface area contributed by atoms with Crippen molar-refractivity contribution in [2.75, 3.05) is 20.2 Å². The molecule has 4 nitrogen and oxygen atoms in total. The second kappa shape index (κ2) is 5.09. The number of imidazole rings is 1. The zero-order valence-corrected chi connectivity index (χ0v) is 12.5. The summed E-state index contributed by atoms with van der Waals surface area (Å²) >= 11 is 0. The van der Waals surface area contributed by atoms with Gasteiger partial charge >= 0.3 is 0 Å². The van der Waals surface area contributed by atoms with Crippen LogP contribution in [0.15, 0.2) is 48.4 Å². The Balaban J connectivity index is 1.93. The van der Waals surface area contributed by atoms with Crippen molar-refractivity contribution in [3.05, 3.63) is 54.2 Å². The van der Waals surface area contributed by atoms with Crippen LogP contribution >= 0.6 is 0 Å². The molecule has 4 rings (SSSR count). The van der Waals surface area contributed by atoms with Crippen molar-refractivity contribution in [1.82, 2.24) is 14.5 Å². The number of benzene rings is 1. The molecule has 2 aromatic rings. The van der Waals surface area contributed by atoms with E-state index < -0.39 is 0 Å². The molecule has 5 heteroatoms. The number of rotatable bonds is 1. The lowest BCUT2D eigenvalue weighted by molar-refractivity contribution is 0.132. The predicted molar refractivity (Wildman–Crippen MR) is 87.7 cm³/mol. The van der Waals surface area contributed by atoms with Crippen molar-refractivity contribution >= 4 is 19.0 Å². The van der Waals surface area contributed by atoms with E-state index in [0.717, 1.165) is 41.6 Å². The Kier molecular flexibility index (Phi) is 3.07. The van der Waals surface area contributed by atoms with Gasteiger partial charge in [-0.15, -0.1) is 0 Å². The second-order valence-electron chi connectivity index (χ2n) is 5.54. The van der Waals surface area contributed by atoms with Crippen LogP contribution in [0, 0.1) is 0 Å². The fraction of sp³-hybridized carbons (Fsp3) is 0.235. The quantitative estimate of drug-likeness (QED) is 0.746. The van der Waals surface area contributed by atoms with Crippen molar-refractivity contribution in [1.29, 1.82) is 0 Å². The largest absolute Gasteiger partial charge is 0.477 e. The lowest BCUT2D eigenvalue weighted by atomic mass is 9.98. The molecule has 3 heterocycles. The molecule has 0 aliphatic carbocycles. The van der Waals surface area contributed by atoms with E-state index in [2.05, 4.69) is 38.7 Å². The average Bonchev–Trinajstić information content (AvgIpc) is 2.75. The molecule has 2 aliphatic rings. The van der Waals surface area contributed by atoms with E-state index in [1.54, 1.807) is 0 Å². The highest BCUT2D eigenvalue weighted by Gasteiger charge is 2.26. The van der Waals surface area contributed by atoms with Crippen LogP contribution in [0.3, 0.4) is 0 Å². The van der Waals surface area contributed by atoms with Gasteiger partial charge in [-0.25, -0.2) is 4.98 Å². The SMILES string of the molecule is [B]c1nc2n(c1-c1ccccc1)CCOC1=C2C=CCN1C. The van der Waals surface area contributed by atoms with Crippen LogP contribution in [0.4, 0.5) is 0 Å². The highest BCUT2D eigenvalue weighted by Crippen LogP contribution is 2.30.